The molecule has 0 spiro atoms. The second kappa shape index (κ2) is 8.62. The molecule has 1 aromatic rings. The van der Waals surface area contributed by atoms with E-state index in [0.717, 1.165) is 44.2 Å². The monoisotopic (exact) mass is 310 g/mol. The standard InChI is InChI=1S/C17H27ClN2O/c1-3-11-21-14-7-6-10-20(13-14)17-9-5-8-16(18)15(17)12-19-4-2/h5,8-9,14,19H,3-4,6-7,10-13H2,1-2H3. The predicted octanol–water partition coefficient (Wildman–Crippen LogP) is 3.84. The fraction of sp³-hybridized carbons (Fsp3) is 0.647. The third-order valence-corrected chi connectivity index (χ3v) is 4.28. The SMILES string of the molecule is CCCOC1CCCN(c2cccc(Cl)c2CNCC)C1. The van der Waals surface area contributed by atoms with Crippen molar-refractivity contribution >= 4 is 17.3 Å². The molecule has 2 rings (SSSR count). The van der Waals surface area contributed by atoms with Crippen LogP contribution >= 0.6 is 11.6 Å². The Morgan fingerprint density at radius 1 is 1.38 bits per heavy atom. The summed E-state index contributed by atoms with van der Waals surface area (Å²) in [5.74, 6) is 0. The number of rotatable bonds is 7. The van der Waals surface area contributed by atoms with Gasteiger partial charge < -0.3 is 15.0 Å². The van der Waals surface area contributed by atoms with E-state index < -0.39 is 0 Å². The Labute approximate surface area is 133 Å². The molecule has 0 amide bonds. The van der Waals surface area contributed by atoms with Gasteiger partial charge in [0.1, 0.15) is 0 Å². The van der Waals surface area contributed by atoms with E-state index in [1.807, 2.05) is 12.1 Å². The van der Waals surface area contributed by atoms with Crippen LogP contribution in [0.5, 0.6) is 0 Å². The van der Waals surface area contributed by atoms with E-state index in [0.29, 0.717) is 6.10 Å². The van der Waals surface area contributed by atoms with Crippen LogP contribution in [0.3, 0.4) is 0 Å². The van der Waals surface area contributed by atoms with Gasteiger partial charge in [0.05, 0.1) is 6.10 Å². The second-order valence-electron chi connectivity index (χ2n) is 5.60. The van der Waals surface area contributed by atoms with Gasteiger partial charge in [0, 0.05) is 42.5 Å². The second-order valence-corrected chi connectivity index (χ2v) is 6.01. The van der Waals surface area contributed by atoms with Gasteiger partial charge in [0.2, 0.25) is 0 Å². The molecule has 3 nitrogen and oxygen atoms in total. The molecular formula is C17H27ClN2O. The third-order valence-electron chi connectivity index (χ3n) is 3.92. The fourth-order valence-electron chi connectivity index (χ4n) is 2.85. The summed E-state index contributed by atoms with van der Waals surface area (Å²) in [7, 11) is 0. The Morgan fingerprint density at radius 3 is 3.00 bits per heavy atom. The highest BCUT2D eigenvalue weighted by molar-refractivity contribution is 6.31. The Balaban J connectivity index is 2.10. The maximum atomic E-state index is 6.41. The molecule has 1 N–H and O–H groups in total. The van der Waals surface area contributed by atoms with Crippen molar-refractivity contribution in [1.82, 2.24) is 5.32 Å². The van der Waals surface area contributed by atoms with Crippen LogP contribution in [0.15, 0.2) is 18.2 Å². The maximum absolute atomic E-state index is 6.41. The van der Waals surface area contributed by atoms with Gasteiger partial charge in [-0.05, 0) is 37.9 Å². The minimum atomic E-state index is 0.352. The van der Waals surface area contributed by atoms with E-state index in [4.69, 9.17) is 16.3 Å². The van der Waals surface area contributed by atoms with Gasteiger partial charge >= 0.3 is 0 Å². The molecule has 1 aliphatic rings. The number of nitrogens with zero attached hydrogens (tertiary/aromatic N) is 1. The summed E-state index contributed by atoms with van der Waals surface area (Å²) in [6.07, 6.45) is 3.78. The van der Waals surface area contributed by atoms with Crippen LogP contribution in [-0.4, -0.2) is 32.3 Å². The van der Waals surface area contributed by atoms with Crippen molar-refractivity contribution in [3.05, 3.63) is 28.8 Å². The van der Waals surface area contributed by atoms with E-state index in [-0.39, 0.29) is 0 Å². The van der Waals surface area contributed by atoms with Crippen molar-refractivity contribution in [3.63, 3.8) is 0 Å². The van der Waals surface area contributed by atoms with Crippen LogP contribution < -0.4 is 10.2 Å². The molecule has 0 aromatic heterocycles. The minimum absolute atomic E-state index is 0.352. The normalized spacial score (nSPS) is 19.0. The zero-order chi connectivity index (χ0) is 15.1. The summed E-state index contributed by atoms with van der Waals surface area (Å²) in [5.41, 5.74) is 2.46. The van der Waals surface area contributed by atoms with E-state index in [9.17, 15) is 0 Å². The predicted molar refractivity (Wildman–Crippen MR) is 90.3 cm³/mol. The van der Waals surface area contributed by atoms with Gasteiger partial charge in [0.15, 0.2) is 0 Å². The van der Waals surface area contributed by atoms with Gasteiger partial charge in [-0.1, -0.05) is 31.5 Å². The highest BCUT2D eigenvalue weighted by atomic mass is 35.5. The lowest BCUT2D eigenvalue weighted by atomic mass is 10.0. The molecule has 0 bridgehead atoms. The topological polar surface area (TPSA) is 24.5 Å². The van der Waals surface area contributed by atoms with Crippen molar-refractivity contribution < 1.29 is 4.74 Å². The van der Waals surface area contributed by atoms with Crippen molar-refractivity contribution in [1.29, 1.82) is 0 Å². The van der Waals surface area contributed by atoms with Gasteiger partial charge in [-0.3, -0.25) is 0 Å². The third kappa shape index (κ3) is 4.60. The number of halogens is 1. The fourth-order valence-corrected chi connectivity index (χ4v) is 3.08. The lowest BCUT2D eigenvalue weighted by molar-refractivity contribution is 0.0440. The zero-order valence-electron chi connectivity index (χ0n) is 13.2. The van der Waals surface area contributed by atoms with Crippen molar-refractivity contribution in [3.8, 4) is 0 Å². The molecule has 1 fully saturated rings. The largest absolute Gasteiger partial charge is 0.376 e. The molecule has 0 saturated carbocycles. The van der Waals surface area contributed by atoms with E-state index >= 15 is 0 Å². The molecule has 1 aromatic carbocycles. The Hall–Kier alpha value is -0.770. The van der Waals surface area contributed by atoms with E-state index in [1.165, 1.54) is 24.1 Å². The summed E-state index contributed by atoms with van der Waals surface area (Å²) >= 11 is 6.41. The van der Waals surface area contributed by atoms with Crippen LogP contribution in [-0.2, 0) is 11.3 Å². The zero-order valence-corrected chi connectivity index (χ0v) is 14.0. The highest BCUT2D eigenvalue weighted by Gasteiger charge is 2.22. The van der Waals surface area contributed by atoms with Crippen LogP contribution in [0.4, 0.5) is 5.69 Å². The molecule has 118 valence electrons. The van der Waals surface area contributed by atoms with E-state index in [1.54, 1.807) is 0 Å². The first kappa shape index (κ1) is 16.6. The van der Waals surface area contributed by atoms with Crippen molar-refractivity contribution in [2.75, 3.05) is 31.1 Å². The maximum Gasteiger partial charge on any atom is 0.0750 e. The quantitative estimate of drug-likeness (QED) is 0.828. The van der Waals surface area contributed by atoms with Crippen LogP contribution in [0.25, 0.3) is 0 Å². The first-order chi connectivity index (χ1) is 10.3. The van der Waals surface area contributed by atoms with Crippen LogP contribution in [0.2, 0.25) is 5.02 Å². The number of anilines is 1. The number of piperidine rings is 1. The Kier molecular flexibility index (Phi) is 6.81. The summed E-state index contributed by atoms with van der Waals surface area (Å²) < 4.78 is 5.94. The van der Waals surface area contributed by atoms with Gasteiger partial charge in [0.25, 0.3) is 0 Å². The van der Waals surface area contributed by atoms with Gasteiger partial charge in [-0.2, -0.15) is 0 Å². The molecule has 0 aliphatic carbocycles. The molecule has 1 atom stereocenters. The molecule has 1 saturated heterocycles. The summed E-state index contributed by atoms with van der Waals surface area (Å²) in [6, 6.07) is 6.21. The highest BCUT2D eigenvalue weighted by Crippen LogP contribution is 2.30. The number of benzene rings is 1. The van der Waals surface area contributed by atoms with Crippen LogP contribution in [0, 0.1) is 0 Å². The van der Waals surface area contributed by atoms with Gasteiger partial charge in [-0.15, -0.1) is 0 Å². The van der Waals surface area contributed by atoms with Crippen molar-refractivity contribution in [2.45, 2.75) is 45.8 Å². The average molecular weight is 311 g/mol. The molecule has 1 unspecified atom stereocenters. The summed E-state index contributed by atoms with van der Waals surface area (Å²) in [4.78, 5) is 2.43. The first-order valence-corrected chi connectivity index (χ1v) is 8.48. The van der Waals surface area contributed by atoms with Crippen LogP contribution in [0.1, 0.15) is 38.7 Å². The molecule has 4 heteroatoms. The molecule has 1 aliphatic heterocycles. The first-order valence-electron chi connectivity index (χ1n) is 8.10. The number of nitrogens with one attached hydrogen (secondary N) is 1. The van der Waals surface area contributed by atoms with Crippen molar-refractivity contribution in [2.24, 2.45) is 0 Å². The number of hydrogen-bond acceptors (Lipinski definition) is 3. The molecule has 1 heterocycles. The Bertz CT molecular complexity index is 439. The smallest absolute Gasteiger partial charge is 0.0750 e. The molecule has 0 radical (unpaired) electrons. The molecule has 21 heavy (non-hydrogen) atoms. The lowest BCUT2D eigenvalue weighted by Crippen LogP contribution is -2.40. The summed E-state index contributed by atoms with van der Waals surface area (Å²) in [5, 5.41) is 4.24. The Morgan fingerprint density at radius 2 is 2.24 bits per heavy atom. The van der Waals surface area contributed by atoms with E-state index in [2.05, 4.69) is 30.1 Å². The van der Waals surface area contributed by atoms with Gasteiger partial charge in [-0.25, -0.2) is 0 Å². The number of hydrogen-bond donors (Lipinski definition) is 1. The lowest BCUT2D eigenvalue weighted by Gasteiger charge is -2.35. The minimum Gasteiger partial charge on any atom is -0.376 e. The average Bonchev–Trinajstić information content (AvgIpc) is 2.52. The number of ether oxygens (including phenoxy) is 1. The molecular weight excluding hydrogens is 284 g/mol. The summed E-state index contributed by atoms with van der Waals surface area (Å²) in [6.45, 7) is 8.97.